The average Bonchev–Trinajstić information content (AvgIpc) is 2.34. The predicted octanol–water partition coefficient (Wildman–Crippen LogP) is -1.88. The average molecular weight is 306 g/mol. The Labute approximate surface area is 153 Å². The molecule has 0 aromatic heterocycles. The number of aliphatic hydroxyl groups is 1. The van der Waals surface area contributed by atoms with Crippen LogP contribution in [-0.2, 0) is 10.1 Å². The molecule has 0 aliphatic carbocycles. The number of rotatable bonds is 4. The van der Waals surface area contributed by atoms with Crippen molar-refractivity contribution in [3.05, 3.63) is 36.4 Å². The van der Waals surface area contributed by atoms with Crippen molar-refractivity contribution in [1.29, 1.82) is 0 Å². The summed E-state index contributed by atoms with van der Waals surface area (Å²) in [5.41, 5.74) is 0. The maximum atomic E-state index is 11.3. The van der Waals surface area contributed by atoms with Crippen LogP contribution in [-0.4, -0.2) is 31.3 Å². The van der Waals surface area contributed by atoms with Gasteiger partial charge >= 0.3 is 51.4 Å². The van der Waals surface area contributed by atoms with Gasteiger partial charge in [0, 0.05) is 5.39 Å². The summed E-state index contributed by atoms with van der Waals surface area (Å²) in [6.07, 6.45) is 0. The van der Waals surface area contributed by atoms with Crippen LogP contribution in [0.3, 0.4) is 0 Å². The van der Waals surface area contributed by atoms with E-state index in [-0.39, 0.29) is 75.2 Å². The van der Waals surface area contributed by atoms with Crippen LogP contribution in [0.15, 0.2) is 41.3 Å². The minimum atomic E-state index is -4.65. The van der Waals surface area contributed by atoms with Crippen molar-refractivity contribution in [2.24, 2.45) is 0 Å². The molecule has 2 aromatic rings. The van der Waals surface area contributed by atoms with Gasteiger partial charge in [-0.1, -0.05) is 30.3 Å². The third-order valence-electron chi connectivity index (χ3n) is 2.44. The fourth-order valence-electron chi connectivity index (χ4n) is 1.75. The van der Waals surface area contributed by atoms with Crippen molar-refractivity contribution in [2.45, 2.75) is 4.90 Å². The van der Waals surface area contributed by atoms with Gasteiger partial charge in [-0.2, -0.15) is 0 Å². The van der Waals surface area contributed by atoms with Gasteiger partial charge in [-0.05, 0) is 11.5 Å². The van der Waals surface area contributed by atoms with Crippen LogP contribution >= 0.6 is 0 Å². The van der Waals surface area contributed by atoms with Gasteiger partial charge in [0.25, 0.3) is 0 Å². The van der Waals surface area contributed by atoms with Crippen molar-refractivity contribution in [3.63, 3.8) is 0 Å². The molecular weight excluding hydrogens is 295 g/mol. The van der Waals surface area contributed by atoms with Gasteiger partial charge in [0.2, 0.25) is 0 Å². The second kappa shape index (κ2) is 7.14. The molecule has 0 fully saturated rings. The molecule has 0 aliphatic rings. The van der Waals surface area contributed by atoms with Crippen LogP contribution in [0.5, 0.6) is 5.75 Å². The van der Waals surface area contributed by atoms with E-state index in [2.05, 4.69) is 0 Å². The third-order valence-corrected chi connectivity index (χ3v) is 3.36. The van der Waals surface area contributed by atoms with E-state index in [4.69, 9.17) is 9.84 Å². The summed E-state index contributed by atoms with van der Waals surface area (Å²) < 4.78 is 39.1. The second-order valence-corrected chi connectivity index (χ2v) is 4.96. The summed E-state index contributed by atoms with van der Waals surface area (Å²) in [4.78, 5) is -0.381. The van der Waals surface area contributed by atoms with Gasteiger partial charge in [-0.25, -0.2) is 8.42 Å². The normalized spacial score (nSPS) is 11.1. The van der Waals surface area contributed by atoms with Crippen LogP contribution in [0.25, 0.3) is 10.8 Å². The third kappa shape index (κ3) is 3.99. The summed E-state index contributed by atoms with van der Waals surface area (Å²) in [6.45, 7) is -0.327. The summed E-state index contributed by atoms with van der Waals surface area (Å²) >= 11 is 0. The molecule has 19 heavy (non-hydrogen) atoms. The van der Waals surface area contributed by atoms with E-state index in [1.54, 1.807) is 30.3 Å². The molecule has 0 heterocycles. The van der Waals surface area contributed by atoms with Gasteiger partial charge in [-0.15, -0.1) is 0 Å². The standard InChI is InChI=1S/C12H12O5S.K/c13-7-8-17-11-6-5-9-3-1-2-4-10(9)12(11)18(14,15)16;/h1-6,13H,7-8H2,(H,14,15,16);/q;+1/p-1. The first-order valence-corrected chi connectivity index (χ1v) is 6.66. The molecule has 5 nitrogen and oxygen atoms in total. The first-order valence-electron chi connectivity index (χ1n) is 5.25. The van der Waals surface area contributed by atoms with Crippen molar-refractivity contribution < 1.29 is 74.2 Å². The van der Waals surface area contributed by atoms with E-state index in [1.807, 2.05) is 0 Å². The van der Waals surface area contributed by atoms with Gasteiger partial charge in [-0.3, -0.25) is 0 Å². The number of benzene rings is 2. The maximum absolute atomic E-state index is 11.3. The Morgan fingerprint density at radius 1 is 1.16 bits per heavy atom. The Morgan fingerprint density at radius 3 is 2.47 bits per heavy atom. The summed E-state index contributed by atoms with van der Waals surface area (Å²) in [6, 6.07) is 9.73. The molecule has 0 spiro atoms. The topological polar surface area (TPSA) is 86.7 Å². The van der Waals surface area contributed by atoms with E-state index in [0.717, 1.165) is 0 Å². The molecule has 96 valence electrons. The van der Waals surface area contributed by atoms with Crippen LogP contribution in [0.2, 0.25) is 0 Å². The van der Waals surface area contributed by atoms with Crippen LogP contribution in [0, 0.1) is 0 Å². The Balaban J connectivity index is 0.00000180. The quantitative estimate of drug-likeness (QED) is 0.528. The van der Waals surface area contributed by atoms with Crippen molar-refractivity contribution >= 4 is 20.9 Å². The molecule has 0 atom stereocenters. The summed E-state index contributed by atoms with van der Waals surface area (Å²) in [5, 5.41) is 9.65. The zero-order chi connectivity index (χ0) is 13.2. The fourth-order valence-corrected chi connectivity index (χ4v) is 2.58. The fraction of sp³-hybridized carbons (Fsp3) is 0.167. The van der Waals surface area contributed by atoms with E-state index in [9.17, 15) is 13.0 Å². The number of aliphatic hydroxyl groups excluding tert-OH is 1. The predicted molar refractivity (Wildman–Crippen MR) is 64.5 cm³/mol. The maximum Gasteiger partial charge on any atom is 1.00 e. The zero-order valence-electron chi connectivity index (χ0n) is 10.4. The van der Waals surface area contributed by atoms with Crippen LogP contribution in [0.4, 0.5) is 0 Å². The van der Waals surface area contributed by atoms with Crippen molar-refractivity contribution in [1.82, 2.24) is 0 Å². The number of hydrogen-bond donors (Lipinski definition) is 1. The number of ether oxygens (including phenoxy) is 1. The number of fused-ring (bicyclic) bond motifs is 1. The van der Waals surface area contributed by atoms with Crippen LogP contribution in [0.1, 0.15) is 0 Å². The molecule has 0 saturated carbocycles. The first-order chi connectivity index (χ1) is 8.54. The van der Waals surface area contributed by atoms with E-state index < -0.39 is 10.1 Å². The molecule has 1 N–H and O–H groups in total. The Kier molecular flexibility index (Phi) is 6.41. The molecule has 0 aliphatic heterocycles. The Bertz CT molecular complexity index is 669. The molecule has 0 bridgehead atoms. The van der Waals surface area contributed by atoms with E-state index in [1.165, 1.54) is 6.07 Å². The molecule has 2 rings (SSSR count). The SMILES string of the molecule is O=S(=O)([O-])c1c(OCCO)ccc2ccccc12.[K+]. The van der Waals surface area contributed by atoms with Gasteiger partial charge in [0.1, 0.15) is 27.4 Å². The number of hydrogen-bond acceptors (Lipinski definition) is 5. The zero-order valence-corrected chi connectivity index (χ0v) is 14.3. The van der Waals surface area contributed by atoms with Crippen LogP contribution < -0.4 is 56.1 Å². The van der Waals surface area contributed by atoms with Gasteiger partial charge in [0.15, 0.2) is 0 Å². The van der Waals surface area contributed by atoms with Gasteiger partial charge in [0.05, 0.1) is 6.61 Å². The van der Waals surface area contributed by atoms with E-state index >= 15 is 0 Å². The molecular formula is C12H11KO5S. The molecule has 2 aromatic carbocycles. The molecule has 7 heteroatoms. The molecule has 0 amide bonds. The molecule has 0 unspecified atom stereocenters. The molecule has 0 radical (unpaired) electrons. The minimum absolute atomic E-state index is 0. The summed E-state index contributed by atoms with van der Waals surface area (Å²) in [7, 11) is -4.65. The smallest absolute Gasteiger partial charge is 0.744 e. The summed E-state index contributed by atoms with van der Waals surface area (Å²) in [5.74, 6) is -0.0299. The first kappa shape index (κ1) is 17.1. The monoisotopic (exact) mass is 306 g/mol. The Morgan fingerprint density at radius 2 is 1.84 bits per heavy atom. The minimum Gasteiger partial charge on any atom is -0.744 e. The van der Waals surface area contributed by atoms with Crippen molar-refractivity contribution in [2.75, 3.05) is 13.2 Å². The van der Waals surface area contributed by atoms with Gasteiger partial charge < -0.3 is 14.4 Å². The second-order valence-electron chi connectivity index (χ2n) is 3.64. The largest absolute Gasteiger partial charge is 1.00 e. The Hall–Kier alpha value is 0.00636. The molecule has 0 saturated heterocycles. The van der Waals surface area contributed by atoms with E-state index in [0.29, 0.717) is 10.8 Å². The van der Waals surface area contributed by atoms with Crippen molar-refractivity contribution in [3.8, 4) is 5.75 Å².